The van der Waals surface area contributed by atoms with Gasteiger partial charge in [-0.25, -0.2) is 0 Å². The van der Waals surface area contributed by atoms with Crippen molar-refractivity contribution in [2.75, 3.05) is 5.32 Å². The average molecular weight is 400 g/mol. The lowest BCUT2D eigenvalue weighted by Crippen LogP contribution is -2.13. The molecule has 1 aliphatic rings. The first-order chi connectivity index (χ1) is 14.7. The van der Waals surface area contributed by atoms with Crippen molar-refractivity contribution in [2.45, 2.75) is 64.2 Å². The summed E-state index contributed by atoms with van der Waals surface area (Å²) in [5, 5.41) is 2.74. The van der Waals surface area contributed by atoms with Crippen LogP contribution in [0.3, 0.4) is 0 Å². The third-order valence-electron chi connectivity index (χ3n) is 6.13. The Morgan fingerprint density at radius 1 is 0.967 bits per heavy atom. The molecule has 2 aromatic carbocycles. The molecule has 2 nitrogen and oxygen atoms in total. The molecule has 0 aliphatic heterocycles. The monoisotopic (exact) mass is 399 g/mol. The molecular weight excluding hydrogens is 366 g/mol. The second-order valence-corrected chi connectivity index (χ2v) is 8.36. The van der Waals surface area contributed by atoms with E-state index in [4.69, 9.17) is 0 Å². The van der Waals surface area contributed by atoms with Crippen LogP contribution in [0.1, 0.15) is 80.9 Å². The Morgan fingerprint density at radius 2 is 1.57 bits per heavy atom. The fourth-order valence-electron chi connectivity index (χ4n) is 4.28. The van der Waals surface area contributed by atoms with Crippen LogP contribution in [0.2, 0.25) is 0 Å². The summed E-state index contributed by atoms with van der Waals surface area (Å²) < 4.78 is 0. The first-order valence-corrected chi connectivity index (χ1v) is 11.3. The fourth-order valence-corrected chi connectivity index (χ4v) is 4.28. The minimum absolute atomic E-state index is 0.209. The number of amides is 1. The molecule has 0 heterocycles. The van der Waals surface area contributed by atoms with Gasteiger partial charge in [0.25, 0.3) is 0 Å². The van der Waals surface area contributed by atoms with Crippen LogP contribution in [0.15, 0.2) is 61.2 Å². The van der Waals surface area contributed by atoms with Gasteiger partial charge in [-0.3, -0.25) is 4.79 Å². The normalized spacial score (nSPS) is 18.2. The van der Waals surface area contributed by atoms with E-state index in [0.717, 1.165) is 22.7 Å². The van der Waals surface area contributed by atoms with E-state index < -0.39 is 0 Å². The Morgan fingerprint density at radius 3 is 2.13 bits per heavy atom. The second kappa shape index (κ2) is 11.4. The van der Waals surface area contributed by atoms with Gasteiger partial charge in [0, 0.05) is 16.8 Å². The first kappa shape index (κ1) is 21.9. The lowest BCUT2D eigenvalue weighted by molar-refractivity contribution is -0.111. The summed E-state index contributed by atoms with van der Waals surface area (Å²) >= 11 is 0. The molecule has 2 heteroatoms. The lowest BCUT2D eigenvalue weighted by atomic mass is 9.77. The highest BCUT2D eigenvalue weighted by Crippen LogP contribution is 2.37. The zero-order valence-corrected chi connectivity index (χ0v) is 18.1. The highest BCUT2D eigenvalue weighted by Gasteiger charge is 2.21. The van der Waals surface area contributed by atoms with E-state index >= 15 is 0 Å². The highest BCUT2D eigenvalue weighted by molar-refractivity contribution is 5.98. The second-order valence-electron chi connectivity index (χ2n) is 8.36. The summed E-state index contributed by atoms with van der Waals surface area (Å²) in [5.74, 6) is 7.91. The van der Waals surface area contributed by atoms with Gasteiger partial charge in [0.2, 0.25) is 5.91 Å². The van der Waals surface area contributed by atoms with Crippen LogP contribution in [0, 0.1) is 17.8 Å². The van der Waals surface area contributed by atoms with Gasteiger partial charge in [-0.1, -0.05) is 63.2 Å². The summed E-state index contributed by atoms with van der Waals surface area (Å²) in [6.07, 6.45) is 12.2. The van der Waals surface area contributed by atoms with Gasteiger partial charge in [0.05, 0.1) is 0 Å². The number of hydrogen-bond acceptors (Lipinski definition) is 1. The van der Waals surface area contributed by atoms with Gasteiger partial charge < -0.3 is 5.32 Å². The van der Waals surface area contributed by atoms with E-state index in [-0.39, 0.29) is 5.91 Å². The number of carbonyl (C=O) groups excluding carboxylic acids is 1. The molecule has 3 rings (SSSR count). The van der Waals surface area contributed by atoms with Gasteiger partial charge in [-0.2, -0.15) is 0 Å². The van der Waals surface area contributed by atoms with E-state index in [0.29, 0.717) is 5.92 Å². The van der Waals surface area contributed by atoms with Crippen LogP contribution in [0.4, 0.5) is 5.69 Å². The Bertz CT molecular complexity index is 875. The summed E-state index contributed by atoms with van der Waals surface area (Å²) in [6, 6.07) is 16.4. The molecule has 0 atom stereocenters. The molecule has 0 unspecified atom stereocenters. The van der Waals surface area contributed by atoms with Crippen molar-refractivity contribution in [1.82, 2.24) is 0 Å². The Hall–Kier alpha value is -2.79. The predicted octanol–water partition coefficient (Wildman–Crippen LogP) is 7.07. The number of benzene rings is 2. The van der Waals surface area contributed by atoms with Gasteiger partial charge in [-0.15, -0.1) is 0 Å². The Labute approximate surface area is 181 Å². The quantitative estimate of drug-likeness (QED) is 0.301. The molecular formula is C28H33NO. The van der Waals surface area contributed by atoms with Crippen molar-refractivity contribution >= 4 is 11.6 Å². The SMILES string of the molecule is C=CC(=O)Nc1ccc(C#Cc2ccc(C3CCC(CCCCC)CC3)cc2)cc1. The topological polar surface area (TPSA) is 29.1 Å². The molecule has 0 aromatic heterocycles. The molecule has 0 radical (unpaired) electrons. The third kappa shape index (κ3) is 6.63. The highest BCUT2D eigenvalue weighted by atomic mass is 16.1. The lowest BCUT2D eigenvalue weighted by Gasteiger charge is -2.29. The molecule has 156 valence electrons. The zero-order chi connectivity index (χ0) is 21.2. The molecule has 30 heavy (non-hydrogen) atoms. The average Bonchev–Trinajstić information content (AvgIpc) is 2.79. The Kier molecular flexibility index (Phi) is 8.33. The van der Waals surface area contributed by atoms with Crippen molar-refractivity contribution in [1.29, 1.82) is 0 Å². The van der Waals surface area contributed by atoms with E-state index in [1.807, 2.05) is 24.3 Å². The molecule has 1 aliphatic carbocycles. The number of rotatable bonds is 7. The Balaban J connectivity index is 1.52. The van der Waals surface area contributed by atoms with E-state index in [2.05, 4.69) is 54.9 Å². The largest absolute Gasteiger partial charge is 0.323 e. The molecule has 1 N–H and O–H groups in total. The minimum atomic E-state index is -0.209. The molecule has 0 bridgehead atoms. The number of carbonyl (C=O) groups is 1. The maximum Gasteiger partial charge on any atom is 0.247 e. The van der Waals surface area contributed by atoms with E-state index in [9.17, 15) is 4.79 Å². The van der Waals surface area contributed by atoms with Gasteiger partial charge in [0.1, 0.15) is 0 Å². The number of unbranched alkanes of at least 4 members (excludes halogenated alkanes) is 2. The van der Waals surface area contributed by atoms with Crippen molar-refractivity contribution < 1.29 is 4.79 Å². The van der Waals surface area contributed by atoms with Crippen LogP contribution in [0.5, 0.6) is 0 Å². The number of nitrogens with one attached hydrogen (secondary N) is 1. The van der Waals surface area contributed by atoms with Gasteiger partial charge in [-0.05, 0) is 85.6 Å². The first-order valence-electron chi connectivity index (χ1n) is 11.3. The molecule has 1 amide bonds. The minimum Gasteiger partial charge on any atom is -0.323 e. The van der Waals surface area contributed by atoms with Crippen molar-refractivity contribution in [3.05, 3.63) is 77.9 Å². The van der Waals surface area contributed by atoms with Crippen molar-refractivity contribution in [3.8, 4) is 11.8 Å². The summed E-state index contributed by atoms with van der Waals surface area (Å²) in [6.45, 7) is 5.74. The van der Waals surface area contributed by atoms with Crippen molar-refractivity contribution in [3.63, 3.8) is 0 Å². The van der Waals surface area contributed by atoms with Crippen molar-refractivity contribution in [2.24, 2.45) is 5.92 Å². The summed E-state index contributed by atoms with van der Waals surface area (Å²) in [4.78, 5) is 11.3. The molecule has 1 saturated carbocycles. The van der Waals surface area contributed by atoms with Crippen LogP contribution < -0.4 is 5.32 Å². The van der Waals surface area contributed by atoms with Gasteiger partial charge in [0.15, 0.2) is 0 Å². The van der Waals surface area contributed by atoms with E-state index in [1.54, 1.807) is 0 Å². The van der Waals surface area contributed by atoms with Gasteiger partial charge >= 0.3 is 0 Å². The summed E-state index contributed by atoms with van der Waals surface area (Å²) in [5.41, 5.74) is 4.18. The zero-order valence-electron chi connectivity index (χ0n) is 18.1. The smallest absolute Gasteiger partial charge is 0.247 e. The predicted molar refractivity (Wildman–Crippen MR) is 127 cm³/mol. The van der Waals surface area contributed by atoms with Crippen LogP contribution in [-0.4, -0.2) is 5.91 Å². The standard InChI is InChI=1S/C28H33NO/c1-3-5-6-7-22-10-16-25(17-11-22)26-18-12-23(13-19-26)8-9-24-14-20-27(21-15-24)29-28(30)4-2/h4,12-15,18-22,25H,2-3,5-7,10-11,16-17H2,1H3,(H,29,30). The fraction of sp³-hybridized carbons (Fsp3) is 0.393. The maximum absolute atomic E-state index is 11.3. The number of anilines is 1. The van der Waals surface area contributed by atoms with Crippen LogP contribution >= 0.6 is 0 Å². The number of hydrogen-bond donors (Lipinski definition) is 1. The van der Waals surface area contributed by atoms with Crippen LogP contribution in [-0.2, 0) is 4.79 Å². The van der Waals surface area contributed by atoms with Crippen LogP contribution in [0.25, 0.3) is 0 Å². The third-order valence-corrected chi connectivity index (χ3v) is 6.13. The molecule has 0 saturated heterocycles. The molecule has 2 aromatic rings. The summed E-state index contributed by atoms with van der Waals surface area (Å²) in [7, 11) is 0. The van der Waals surface area contributed by atoms with E-state index in [1.165, 1.54) is 63.0 Å². The maximum atomic E-state index is 11.3. The molecule has 1 fully saturated rings. The molecule has 0 spiro atoms.